The molecule has 2 rings (SSSR count). The van der Waals surface area contributed by atoms with Gasteiger partial charge in [0.1, 0.15) is 30.5 Å². The SMILES string of the molecule is COCCOc1ccccc1NC(=O)N(C)CCOc1ccc(F)cc1. The number of halogens is 1. The Morgan fingerprint density at radius 3 is 2.50 bits per heavy atom. The van der Waals surface area contributed by atoms with E-state index < -0.39 is 0 Å². The van der Waals surface area contributed by atoms with E-state index in [1.165, 1.54) is 17.0 Å². The molecular formula is C19H23FN2O4. The van der Waals surface area contributed by atoms with E-state index in [1.807, 2.05) is 12.1 Å². The molecule has 0 unspecified atom stereocenters. The number of para-hydroxylation sites is 2. The molecular weight excluding hydrogens is 339 g/mol. The maximum Gasteiger partial charge on any atom is 0.321 e. The first-order valence-electron chi connectivity index (χ1n) is 8.21. The van der Waals surface area contributed by atoms with E-state index in [9.17, 15) is 9.18 Å². The number of hydrogen-bond donors (Lipinski definition) is 1. The van der Waals surface area contributed by atoms with Crippen molar-refractivity contribution in [2.24, 2.45) is 0 Å². The fraction of sp³-hybridized carbons (Fsp3) is 0.316. The van der Waals surface area contributed by atoms with Crippen molar-refractivity contribution in [3.05, 3.63) is 54.3 Å². The average Bonchev–Trinajstić information content (AvgIpc) is 2.65. The maximum atomic E-state index is 12.8. The van der Waals surface area contributed by atoms with Crippen LogP contribution < -0.4 is 14.8 Å². The molecule has 2 amide bonds. The van der Waals surface area contributed by atoms with Gasteiger partial charge in [0.15, 0.2) is 0 Å². The number of methoxy groups -OCH3 is 1. The van der Waals surface area contributed by atoms with Crippen LogP contribution in [0, 0.1) is 5.82 Å². The third-order valence-corrected chi connectivity index (χ3v) is 3.53. The average molecular weight is 362 g/mol. The second-order valence-electron chi connectivity index (χ2n) is 5.49. The Kier molecular flexibility index (Phi) is 7.70. The van der Waals surface area contributed by atoms with Gasteiger partial charge < -0.3 is 24.4 Å². The van der Waals surface area contributed by atoms with Crippen LogP contribution in [0.15, 0.2) is 48.5 Å². The summed E-state index contributed by atoms with van der Waals surface area (Å²) in [4.78, 5) is 13.8. The molecule has 0 spiro atoms. The lowest BCUT2D eigenvalue weighted by Gasteiger charge is -2.19. The summed E-state index contributed by atoms with van der Waals surface area (Å²) in [7, 11) is 3.26. The van der Waals surface area contributed by atoms with Crippen LogP contribution in [0.2, 0.25) is 0 Å². The van der Waals surface area contributed by atoms with Gasteiger partial charge in [-0.15, -0.1) is 0 Å². The van der Waals surface area contributed by atoms with E-state index in [0.29, 0.717) is 43.6 Å². The summed E-state index contributed by atoms with van der Waals surface area (Å²) in [5, 5.41) is 2.81. The van der Waals surface area contributed by atoms with Gasteiger partial charge in [0.2, 0.25) is 0 Å². The van der Waals surface area contributed by atoms with Gasteiger partial charge in [-0.25, -0.2) is 9.18 Å². The molecule has 26 heavy (non-hydrogen) atoms. The summed E-state index contributed by atoms with van der Waals surface area (Å²) in [5.74, 6) is 0.811. The molecule has 0 aliphatic carbocycles. The minimum absolute atomic E-state index is 0.282. The summed E-state index contributed by atoms with van der Waals surface area (Å²) in [5.41, 5.74) is 0.583. The largest absolute Gasteiger partial charge is 0.492 e. The van der Waals surface area contributed by atoms with Crippen LogP contribution in [0.25, 0.3) is 0 Å². The number of benzene rings is 2. The zero-order valence-electron chi connectivity index (χ0n) is 14.9. The Balaban J connectivity index is 1.82. The number of hydrogen-bond acceptors (Lipinski definition) is 4. The fourth-order valence-corrected chi connectivity index (χ4v) is 2.07. The van der Waals surface area contributed by atoms with Gasteiger partial charge in [-0.05, 0) is 36.4 Å². The zero-order chi connectivity index (χ0) is 18.8. The summed E-state index contributed by atoms with van der Waals surface area (Å²) < 4.78 is 28.9. The summed E-state index contributed by atoms with van der Waals surface area (Å²) in [6.07, 6.45) is 0. The Morgan fingerprint density at radius 1 is 1.04 bits per heavy atom. The number of nitrogens with one attached hydrogen (secondary N) is 1. The van der Waals surface area contributed by atoms with E-state index in [0.717, 1.165) is 0 Å². The molecule has 0 fully saturated rings. The quantitative estimate of drug-likeness (QED) is 0.695. The van der Waals surface area contributed by atoms with Crippen molar-refractivity contribution in [3.8, 4) is 11.5 Å². The molecule has 7 heteroatoms. The molecule has 0 saturated carbocycles. The van der Waals surface area contributed by atoms with Gasteiger partial charge in [0.25, 0.3) is 0 Å². The first-order valence-corrected chi connectivity index (χ1v) is 8.21. The number of rotatable bonds is 9. The van der Waals surface area contributed by atoms with Gasteiger partial charge in [-0.3, -0.25) is 0 Å². The first-order chi connectivity index (χ1) is 12.6. The molecule has 2 aromatic carbocycles. The zero-order valence-corrected chi connectivity index (χ0v) is 14.9. The topological polar surface area (TPSA) is 60.0 Å². The molecule has 6 nitrogen and oxygen atoms in total. The number of urea groups is 1. The summed E-state index contributed by atoms with van der Waals surface area (Å²) in [6, 6.07) is 12.7. The van der Waals surface area contributed by atoms with Gasteiger partial charge in [0, 0.05) is 14.2 Å². The van der Waals surface area contributed by atoms with Crippen LogP contribution in [0.3, 0.4) is 0 Å². The molecule has 0 bridgehead atoms. The van der Waals surface area contributed by atoms with Crippen LogP contribution in [0.5, 0.6) is 11.5 Å². The number of nitrogens with zero attached hydrogens (tertiary/aromatic N) is 1. The fourth-order valence-electron chi connectivity index (χ4n) is 2.07. The first kappa shape index (κ1) is 19.5. The predicted octanol–water partition coefficient (Wildman–Crippen LogP) is 3.39. The Labute approximate surface area is 152 Å². The minimum atomic E-state index is -0.319. The van der Waals surface area contributed by atoms with Gasteiger partial charge in [-0.2, -0.15) is 0 Å². The van der Waals surface area contributed by atoms with Crippen molar-refractivity contribution in [2.75, 3.05) is 45.8 Å². The van der Waals surface area contributed by atoms with Crippen molar-refractivity contribution >= 4 is 11.7 Å². The lowest BCUT2D eigenvalue weighted by Crippen LogP contribution is -2.34. The van der Waals surface area contributed by atoms with Crippen LogP contribution in [0.4, 0.5) is 14.9 Å². The third kappa shape index (κ3) is 6.25. The predicted molar refractivity (Wildman–Crippen MR) is 97.4 cm³/mol. The van der Waals surface area contributed by atoms with Gasteiger partial charge >= 0.3 is 6.03 Å². The Bertz CT molecular complexity index is 694. The number of carbonyl (C=O) groups is 1. The molecule has 0 aliphatic heterocycles. The van der Waals surface area contributed by atoms with Gasteiger partial charge in [-0.1, -0.05) is 12.1 Å². The van der Waals surface area contributed by atoms with E-state index in [2.05, 4.69) is 5.32 Å². The molecule has 0 atom stereocenters. The monoisotopic (exact) mass is 362 g/mol. The lowest BCUT2D eigenvalue weighted by atomic mass is 10.3. The van der Waals surface area contributed by atoms with Crippen molar-refractivity contribution in [1.29, 1.82) is 0 Å². The van der Waals surface area contributed by atoms with E-state index in [-0.39, 0.29) is 11.8 Å². The molecule has 2 aromatic rings. The highest BCUT2D eigenvalue weighted by atomic mass is 19.1. The second kappa shape index (κ2) is 10.2. The number of likely N-dealkylation sites (N-methyl/N-ethyl adjacent to an activating group) is 1. The summed E-state index contributed by atoms with van der Waals surface area (Å²) in [6.45, 7) is 1.52. The molecule has 1 N–H and O–H groups in total. The second-order valence-corrected chi connectivity index (χ2v) is 5.49. The minimum Gasteiger partial charge on any atom is -0.492 e. The molecule has 0 radical (unpaired) electrons. The third-order valence-electron chi connectivity index (χ3n) is 3.53. The van der Waals surface area contributed by atoms with Crippen molar-refractivity contribution in [1.82, 2.24) is 4.90 Å². The lowest BCUT2D eigenvalue weighted by molar-refractivity contribution is 0.146. The highest BCUT2D eigenvalue weighted by Crippen LogP contribution is 2.23. The van der Waals surface area contributed by atoms with Crippen LogP contribution >= 0.6 is 0 Å². The van der Waals surface area contributed by atoms with E-state index >= 15 is 0 Å². The number of carbonyl (C=O) groups excluding carboxylic acids is 1. The molecule has 0 aliphatic rings. The standard InChI is InChI=1S/C19H23FN2O4/c1-22(11-12-25-16-9-7-15(20)8-10-16)19(23)21-17-5-3-4-6-18(17)26-14-13-24-2/h3-10H,11-14H2,1-2H3,(H,21,23). The van der Waals surface area contributed by atoms with Gasteiger partial charge in [0.05, 0.1) is 18.8 Å². The molecule has 140 valence electrons. The molecule has 0 aromatic heterocycles. The highest BCUT2D eigenvalue weighted by molar-refractivity contribution is 5.90. The normalized spacial score (nSPS) is 10.3. The van der Waals surface area contributed by atoms with E-state index in [1.54, 1.807) is 38.4 Å². The Hall–Kier alpha value is -2.80. The summed E-state index contributed by atoms with van der Waals surface area (Å²) >= 11 is 0. The van der Waals surface area contributed by atoms with Crippen molar-refractivity contribution in [3.63, 3.8) is 0 Å². The van der Waals surface area contributed by atoms with Crippen LogP contribution in [-0.2, 0) is 4.74 Å². The smallest absolute Gasteiger partial charge is 0.321 e. The van der Waals surface area contributed by atoms with Crippen LogP contribution in [-0.4, -0.2) is 51.5 Å². The maximum absolute atomic E-state index is 12.8. The van der Waals surface area contributed by atoms with Crippen LogP contribution in [0.1, 0.15) is 0 Å². The molecule has 0 saturated heterocycles. The van der Waals surface area contributed by atoms with E-state index in [4.69, 9.17) is 14.2 Å². The molecule has 0 heterocycles. The van der Waals surface area contributed by atoms with Crippen molar-refractivity contribution in [2.45, 2.75) is 0 Å². The van der Waals surface area contributed by atoms with Crippen molar-refractivity contribution < 1.29 is 23.4 Å². The Morgan fingerprint density at radius 2 is 1.77 bits per heavy atom. The number of anilines is 1. The highest BCUT2D eigenvalue weighted by Gasteiger charge is 2.12. The number of amides is 2. The number of ether oxygens (including phenoxy) is 3.